The van der Waals surface area contributed by atoms with Gasteiger partial charge in [0.05, 0.1) is 0 Å². The predicted molar refractivity (Wildman–Crippen MR) is 78.4 cm³/mol. The van der Waals surface area contributed by atoms with E-state index < -0.39 is 0 Å². The Morgan fingerprint density at radius 1 is 0.833 bits per heavy atom. The molecule has 1 aliphatic carbocycles. The molecule has 2 heteroatoms. The van der Waals surface area contributed by atoms with Crippen LogP contribution < -0.4 is 5.43 Å². The van der Waals surface area contributed by atoms with Crippen molar-refractivity contribution in [1.82, 2.24) is 10.4 Å². The summed E-state index contributed by atoms with van der Waals surface area (Å²) in [6.45, 7) is 9.76. The molecule has 2 nitrogen and oxygen atoms in total. The van der Waals surface area contributed by atoms with Crippen LogP contribution in [-0.4, -0.2) is 24.1 Å². The van der Waals surface area contributed by atoms with Crippen molar-refractivity contribution in [3.05, 3.63) is 0 Å². The maximum atomic E-state index is 3.80. The molecule has 106 valence electrons. The highest BCUT2D eigenvalue weighted by Crippen LogP contribution is 2.36. The molecule has 0 spiro atoms. The molecule has 0 bridgehead atoms. The highest BCUT2D eigenvalue weighted by molar-refractivity contribution is 4.81. The molecule has 0 aromatic carbocycles. The number of hydrogen-bond donors (Lipinski definition) is 1. The third-order valence-electron chi connectivity index (χ3n) is 4.91. The molecular formula is C16H32N2. The lowest BCUT2D eigenvalue weighted by atomic mass is 9.76. The van der Waals surface area contributed by atoms with Gasteiger partial charge in [0.2, 0.25) is 0 Å². The van der Waals surface area contributed by atoms with E-state index in [9.17, 15) is 0 Å². The quantitative estimate of drug-likeness (QED) is 0.748. The van der Waals surface area contributed by atoms with Crippen LogP contribution in [0.1, 0.15) is 72.1 Å². The van der Waals surface area contributed by atoms with Gasteiger partial charge in [-0.2, -0.15) is 0 Å². The van der Waals surface area contributed by atoms with Crippen molar-refractivity contribution in [1.29, 1.82) is 0 Å². The molecule has 18 heavy (non-hydrogen) atoms. The minimum Gasteiger partial charge on any atom is -0.252 e. The van der Waals surface area contributed by atoms with Crippen LogP contribution in [0.4, 0.5) is 0 Å². The smallest absolute Gasteiger partial charge is 0.0215 e. The van der Waals surface area contributed by atoms with Crippen molar-refractivity contribution < 1.29 is 0 Å². The molecule has 0 aromatic rings. The van der Waals surface area contributed by atoms with E-state index in [1.54, 1.807) is 0 Å². The zero-order chi connectivity index (χ0) is 13.0. The molecule has 2 unspecified atom stereocenters. The van der Waals surface area contributed by atoms with Crippen molar-refractivity contribution in [2.45, 2.75) is 78.2 Å². The third-order valence-corrected chi connectivity index (χ3v) is 4.91. The number of piperidine rings is 1. The average Bonchev–Trinajstić information content (AvgIpc) is 2.55. The lowest BCUT2D eigenvalue weighted by molar-refractivity contribution is 0.121. The molecular weight excluding hydrogens is 220 g/mol. The second-order valence-corrected chi connectivity index (χ2v) is 7.44. The van der Waals surface area contributed by atoms with Gasteiger partial charge in [0.25, 0.3) is 0 Å². The first-order chi connectivity index (χ1) is 8.55. The lowest BCUT2D eigenvalue weighted by Gasteiger charge is -2.32. The van der Waals surface area contributed by atoms with Gasteiger partial charge in [0.15, 0.2) is 0 Å². The van der Waals surface area contributed by atoms with Crippen molar-refractivity contribution in [3.8, 4) is 0 Å². The topological polar surface area (TPSA) is 15.3 Å². The van der Waals surface area contributed by atoms with Crippen LogP contribution in [0.2, 0.25) is 0 Å². The summed E-state index contributed by atoms with van der Waals surface area (Å²) in [6, 6.07) is 0.746. The molecule has 1 saturated carbocycles. The van der Waals surface area contributed by atoms with E-state index in [4.69, 9.17) is 0 Å². The largest absolute Gasteiger partial charge is 0.252 e. The Morgan fingerprint density at radius 2 is 1.56 bits per heavy atom. The summed E-state index contributed by atoms with van der Waals surface area (Å²) < 4.78 is 0. The van der Waals surface area contributed by atoms with Crippen LogP contribution >= 0.6 is 0 Å². The highest BCUT2D eigenvalue weighted by Gasteiger charge is 2.28. The molecule has 2 rings (SSSR count). The fourth-order valence-corrected chi connectivity index (χ4v) is 3.58. The first-order valence-corrected chi connectivity index (χ1v) is 8.07. The van der Waals surface area contributed by atoms with E-state index in [0.29, 0.717) is 5.41 Å². The fourth-order valence-electron chi connectivity index (χ4n) is 3.58. The molecule has 2 fully saturated rings. The summed E-state index contributed by atoms with van der Waals surface area (Å²) in [5.41, 5.74) is 4.30. The minimum atomic E-state index is 0.500. The van der Waals surface area contributed by atoms with Crippen molar-refractivity contribution >= 4 is 0 Å². The van der Waals surface area contributed by atoms with Gasteiger partial charge in [-0.3, -0.25) is 5.43 Å². The standard InChI is InChI=1S/C16H32N2/c1-16(2,3)14-8-7-9-15(11-10-14)17-18-12-5-4-6-13-18/h14-15,17H,4-13H2,1-3H3. The molecule has 2 aliphatic rings. The summed E-state index contributed by atoms with van der Waals surface area (Å²) in [5.74, 6) is 0.922. The Kier molecular flexibility index (Phi) is 5.08. The molecule has 0 amide bonds. The van der Waals surface area contributed by atoms with Crippen LogP contribution in [0, 0.1) is 11.3 Å². The van der Waals surface area contributed by atoms with Gasteiger partial charge in [-0.1, -0.05) is 33.6 Å². The van der Waals surface area contributed by atoms with Gasteiger partial charge in [0, 0.05) is 19.1 Å². The lowest BCUT2D eigenvalue weighted by Crippen LogP contribution is -2.47. The molecule has 2 atom stereocenters. The van der Waals surface area contributed by atoms with Crippen LogP contribution in [0.3, 0.4) is 0 Å². The number of rotatable bonds is 2. The van der Waals surface area contributed by atoms with Gasteiger partial charge in [0.1, 0.15) is 0 Å². The maximum Gasteiger partial charge on any atom is 0.0215 e. The molecule has 1 heterocycles. The van der Waals surface area contributed by atoms with Gasteiger partial charge < -0.3 is 0 Å². The van der Waals surface area contributed by atoms with Gasteiger partial charge in [-0.25, -0.2) is 5.01 Å². The Balaban J connectivity index is 1.78. The Labute approximate surface area is 113 Å². The first kappa shape index (κ1) is 14.3. The second-order valence-electron chi connectivity index (χ2n) is 7.44. The van der Waals surface area contributed by atoms with E-state index in [0.717, 1.165) is 12.0 Å². The normalized spacial score (nSPS) is 32.2. The average molecular weight is 252 g/mol. The van der Waals surface area contributed by atoms with Crippen LogP contribution in [0.5, 0.6) is 0 Å². The van der Waals surface area contributed by atoms with Crippen molar-refractivity contribution in [2.24, 2.45) is 11.3 Å². The summed E-state index contributed by atoms with van der Waals surface area (Å²) >= 11 is 0. The van der Waals surface area contributed by atoms with Crippen LogP contribution in [0.15, 0.2) is 0 Å². The molecule has 1 N–H and O–H groups in total. The third kappa shape index (κ3) is 4.24. The van der Waals surface area contributed by atoms with E-state index in [2.05, 4.69) is 31.2 Å². The number of nitrogens with one attached hydrogen (secondary N) is 1. The zero-order valence-corrected chi connectivity index (χ0v) is 12.7. The van der Waals surface area contributed by atoms with Crippen LogP contribution in [0.25, 0.3) is 0 Å². The van der Waals surface area contributed by atoms with Gasteiger partial charge in [-0.05, 0) is 49.9 Å². The number of hydrazine groups is 1. The van der Waals surface area contributed by atoms with E-state index in [1.165, 1.54) is 64.5 Å². The van der Waals surface area contributed by atoms with Crippen molar-refractivity contribution in [2.75, 3.05) is 13.1 Å². The molecule has 1 aliphatic heterocycles. The maximum absolute atomic E-state index is 3.80. The summed E-state index contributed by atoms with van der Waals surface area (Å²) in [6.07, 6.45) is 11.2. The van der Waals surface area contributed by atoms with E-state index in [1.807, 2.05) is 0 Å². The van der Waals surface area contributed by atoms with Gasteiger partial charge in [-0.15, -0.1) is 0 Å². The Hall–Kier alpha value is -0.0800. The Bertz CT molecular complexity index is 238. The molecule has 0 aromatic heterocycles. The van der Waals surface area contributed by atoms with E-state index in [-0.39, 0.29) is 0 Å². The highest BCUT2D eigenvalue weighted by atomic mass is 15.5. The molecule has 0 radical (unpaired) electrons. The predicted octanol–water partition coefficient (Wildman–Crippen LogP) is 3.97. The fraction of sp³-hybridized carbons (Fsp3) is 1.00. The SMILES string of the molecule is CC(C)(C)C1CCCC(NN2CCCCC2)CC1. The van der Waals surface area contributed by atoms with Crippen LogP contribution in [-0.2, 0) is 0 Å². The van der Waals surface area contributed by atoms with Gasteiger partial charge >= 0.3 is 0 Å². The number of nitrogens with zero attached hydrogens (tertiary/aromatic N) is 1. The summed E-state index contributed by atoms with van der Waals surface area (Å²) in [4.78, 5) is 0. The first-order valence-electron chi connectivity index (χ1n) is 8.07. The minimum absolute atomic E-state index is 0.500. The zero-order valence-electron chi connectivity index (χ0n) is 12.7. The summed E-state index contributed by atoms with van der Waals surface area (Å²) in [5, 5.41) is 2.49. The number of hydrogen-bond acceptors (Lipinski definition) is 2. The molecule has 1 saturated heterocycles. The monoisotopic (exact) mass is 252 g/mol. The van der Waals surface area contributed by atoms with Crippen molar-refractivity contribution in [3.63, 3.8) is 0 Å². The second kappa shape index (κ2) is 6.38. The summed E-state index contributed by atoms with van der Waals surface area (Å²) in [7, 11) is 0. The Morgan fingerprint density at radius 3 is 2.22 bits per heavy atom. The van der Waals surface area contributed by atoms with E-state index >= 15 is 0 Å².